The maximum atomic E-state index is 12.4. The average Bonchev–Trinajstić information content (AvgIpc) is 3.20. The first-order valence-corrected chi connectivity index (χ1v) is 8.44. The van der Waals surface area contributed by atoms with E-state index in [1.165, 1.54) is 10.4 Å². The molecule has 6 heteroatoms. The Labute approximate surface area is 131 Å². The number of aryl methyl sites for hydroxylation is 2. The molecule has 0 radical (unpaired) electrons. The summed E-state index contributed by atoms with van der Waals surface area (Å²) in [5.74, 6) is 1.66. The van der Waals surface area contributed by atoms with Crippen LogP contribution in [0.25, 0.3) is 10.2 Å². The lowest BCUT2D eigenvalue weighted by Crippen LogP contribution is -2.83. The van der Waals surface area contributed by atoms with E-state index < -0.39 is 0 Å². The van der Waals surface area contributed by atoms with E-state index in [9.17, 15) is 4.79 Å². The number of hydrogen-bond donors (Lipinski definition) is 2. The Morgan fingerprint density at radius 3 is 3.23 bits per heavy atom. The fraction of sp³-hybridized carbons (Fsp3) is 0.375. The Morgan fingerprint density at radius 2 is 2.41 bits per heavy atom. The molecule has 114 valence electrons. The second-order valence-electron chi connectivity index (χ2n) is 5.79. The van der Waals surface area contributed by atoms with Gasteiger partial charge in [0.2, 0.25) is 0 Å². The third kappa shape index (κ3) is 2.28. The number of thiophene rings is 1. The third-order valence-corrected chi connectivity index (χ3v) is 5.47. The van der Waals surface area contributed by atoms with Crippen LogP contribution in [0.2, 0.25) is 0 Å². The van der Waals surface area contributed by atoms with Gasteiger partial charge in [0.15, 0.2) is 11.6 Å². The summed E-state index contributed by atoms with van der Waals surface area (Å²) in [6.45, 7) is 2.71. The SMILES string of the molecule is C[C@@H]([NH2+]Cc1nc2sc3c(c2c(=O)[nH]1)CCC3)c1ccco1. The van der Waals surface area contributed by atoms with E-state index in [1.54, 1.807) is 17.6 Å². The Bertz CT molecular complexity index is 864. The van der Waals surface area contributed by atoms with Gasteiger partial charge in [-0.15, -0.1) is 11.3 Å². The highest BCUT2D eigenvalue weighted by atomic mass is 32.1. The van der Waals surface area contributed by atoms with Crippen LogP contribution >= 0.6 is 11.3 Å². The molecule has 1 aliphatic carbocycles. The number of furan rings is 1. The molecule has 0 spiro atoms. The first kappa shape index (κ1) is 13.7. The van der Waals surface area contributed by atoms with E-state index >= 15 is 0 Å². The average molecular weight is 316 g/mol. The summed E-state index contributed by atoms with van der Waals surface area (Å²) in [5, 5.41) is 2.94. The van der Waals surface area contributed by atoms with Crippen molar-refractivity contribution in [3.63, 3.8) is 0 Å². The molecule has 1 atom stereocenters. The van der Waals surface area contributed by atoms with Gasteiger partial charge in [-0.05, 0) is 43.9 Å². The summed E-state index contributed by atoms with van der Waals surface area (Å²) < 4.78 is 5.40. The molecule has 0 saturated heterocycles. The second-order valence-corrected chi connectivity index (χ2v) is 6.88. The smallest absolute Gasteiger partial charge is 0.260 e. The maximum absolute atomic E-state index is 12.4. The first-order chi connectivity index (χ1) is 10.7. The van der Waals surface area contributed by atoms with Crippen LogP contribution in [-0.2, 0) is 19.4 Å². The minimum atomic E-state index is 0.0125. The van der Waals surface area contributed by atoms with Gasteiger partial charge in [-0.3, -0.25) is 4.79 Å². The number of H-pyrrole nitrogens is 1. The Morgan fingerprint density at radius 1 is 1.50 bits per heavy atom. The zero-order chi connectivity index (χ0) is 15.1. The summed E-state index contributed by atoms with van der Waals surface area (Å²) >= 11 is 1.68. The summed E-state index contributed by atoms with van der Waals surface area (Å²) in [7, 11) is 0. The molecule has 4 rings (SSSR count). The highest BCUT2D eigenvalue weighted by Crippen LogP contribution is 2.34. The fourth-order valence-corrected chi connectivity index (χ4v) is 4.38. The van der Waals surface area contributed by atoms with E-state index in [4.69, 9.17) is 4.42 Å². The molecule has 3 N–H and O–H groups in total. The molecule has 0 fully saturated rings. The lowest BCUT2D eigenvalue weighted by molar-refractivity contribution is -0.710. The molecule has 0 aliphatic heterocycles. The van der Waals surface area contributed by atoms with E-state index in [0.717, 1.165) is 41.1 Å². The highest BCUT2D eigenvalue weighted by molar-refractivity contribution is 7.18. The normalized spacial score (nSPS) is 15.3. The topological polar surface area (TPSA) is 75.5 Å². The summed E-state index contributed by atoms with van der Waals surface area (Å²) in [6.07, 6.45) is 4.94. The molecular weight excluding hydrogens is 298 g/mol. The van der Waals surface area contributed by atoms with Crippen molar-refractivity contribution < 1.29 is 9.73 Å². The summed E-state index contributed by atoms with van der Waals surface area (Å²) in [4.78, 5) is 22.2. The lowest BCUT2D eigenvalue weighted by Gasteiger charge is -2.07. The fourth-order valence-electron chi connectivity index (χ4n) is 3.10. The quantitative estimate of drug-likeness (QED) is 0.772. The van der Waals surface area contributed by atoms with Gasteiger partial charge in [-0.1, -0.05) is 0 Å². The first-order valence-electron chi connectivity index (χ1n) is 7.62. The molecule has 0 saturated carbocycles. The number of aromatic amines is 1. The van der Waals surface area contributed by atoms with E-state index in [1.807, 2.05) is 12.1 Å². The zero-order valence-corrected chi connectivity index (χ0v) is 13.2. The number of rotatable bonds is 4. The van der Waals surface area contributed by atoms with Crippen molar-refractivity contribution in [3.8, 4) is 0 Å². The molecule has 0 amide bonds. The van der Waals surface area contributed by atoms with Crippen LogP contribution in [0.15, 0.2) is 27.6 Å². The number of fused-ring (bicyclic) bond motifs is 3. The number of nitrogens with two attached hydrogens (primary N) is 1. The lowest BCUT2D eigenvalue weighted by atomic mass is 10.2. The summed E-state index contributed by atoms with van der Waals surface area (Å²) in [6, 6.07) is 4.05. The molecule has 5 nitrogen and oxygen atoms in total. The molecule has 0 unspecified atom stereocenters. The van der Waals surface area contributed by atoms with Crippen LogP contribution in [-0.4, -0.2) is 9.97 Å². The van der Waals surface area contributed by atoms with Crippen molar-refractivity contribution in [1.82, 2.24) is 9.97 Å². The summed E-state index contributed by atoms with van der Waals surface area (Å²) in [5.41, 5.74) is 1.24. The van der Waals surface area contributed by atoms with Crippen molar-refractivity contribution in [2.75, 3.05) is 0 Å². The van der Waals surface area contributed by atoms with Crippen molar-refractivity contribution in [2.45, 2.75) is 38.8 Å². The number of nitrogens with zero attached hydrogens (tertiary/aromatic N) is 1. The van der Waals surface area contributed by atoms with Crippen molar-refractivity contribution in [3.05, 3.63) is 50.8 Å². The third-order valence-electron chi connectivity index (χ3n) is 4.28. The standard InChI is InChI=1S/C16H17N3O2S/c1-9(11-5-3-7-21-11)17-8-13-18-15(20)14-10-4-2-6-12(10)22-16(14)19-13/h3,5,7,9,17H,2,4,6,8H2,1H3,(H,18,19,20)/p+1/t9-/m1/s1. The Kier molecular flexibility index (Phi) is 3.35. The van der Waals surface area contributed by atoms with Crippen LogP contribution in [0.5, 0.6) is 0 Å². The number of aromatic nitrogens is 2. The molecule has 0 bridgehead atoms. The minimum Gasteiger partial charge on any atom is -0.463 e. The monoisotopic (exact) mass is 316 g/mol. The highest BCUT2D eigenvalue weighted by Gasteiger charge is 2.21. The van der Waals surface area contributed by atoms with Crippen LogP contribution in [0.3, 0.4) is 0 Å². The Balaban J connectivity index is 1.59. The second kappa shape index (κ2) is 5.37. The van der Waals surface area contributed by atoms with E-state index in [0.29, 0.717) is 6.54 Å². The molecule has 22 heavy (non-hydrogen) atoms. The predicted octanol–water partition coefficient (Wildman–Crippen LogP) is 1.89. The Hall–Kier alpha value is -1.92. The van der Waals surface area contributed by atoms with Crippen molar-refractivity contribution >= 4 is 21.6 Å². The van der Waals surface area contributed by atoms with Crippen LogP contribution < -0.4 is 10.9 Å². The molecular formula is C16H18N3O2S+. The van der Waals surface area contributed by atoms with Gasteiger partial charge in [0, 0.05) is 4.88 Å². The van der Waals surface area contributed by atoms with Gasteiger partial charge in [-0.2, -0.15) is 0 Å². The van der Waals surface area contributed by atoms with Crippen LogP contribution in [0, 0.1) is 0 Å². The van der Waals surface area contributed by atoms with Gasteiger partial charge >= 0.3 is 0 Å². The largest absolute Gasteiger partial charge is 0.463 e. The van der Waals surface area contributed by atoms with Gasteiger partial charge in [-0.25, -0.2) is 4.98 Å². The minimum absolute atomic E-state index is 0.0125. The van der Waals surface area contributed by atoms with Gasteiger partial charge in [0.25, 0.3) is 5.56 Å². The number of quaternary nitrogens is 1. The maximum Gasteiger partial charge on any atom is 0.260 e. The van der Waals surface area contributed by atoms with Crippen LogP contribution in [0.1, 0.15) is 41.4 Å². The van der Waals surface area contributed by atoms with E-state index in [-0.39, 0.29) is 11.6 Å². The van der Waals surface area contributed by atoms with Gasteiger partial charge in [0.1, 0.15) is 17.4 Å². The molecule has 3 aromatic rings. The van der Waals surface area contributed by atoms with Gasteiger partial charge < -0.3 is 14.7 Å². The predicted molar refractivity (Wildman–Crippen MR) is 85.0 cm³/mol. The van der Waals surface area contributed by atoms with Gasteiger partial charge in [0.05, 0.1) is 11.6 Å². The van der Waals surface area contributed by atoms with Crippen molar-refractivity contribution in [2.24, 2.45) is 0 Å². The molecule has 3 aromatic heterocycles. The van der Waals surface area contributed by atoms with Crippen LogP contribution in [0.4, 0.5) is 0 Å². The zero-order valence-electron chi connectivity index (χ0n) is 12.4. The van der Waals surface area contributed by atoms with Crippen molar-refractivity contribution in [1.29, 1.82) is 0 Å². The van der Waals surface area contributed by atoms with E-state index in [2.05, 4.69) is 22.2 Å². The molecule has 0 aromatic carbocycles. The number of nitrogens with one attached hydrogen (secondary N) is 1. The number of hydrogen-bond acceptors (Lipinski definition) is 4. The molecule has 3 heterocycles. The molecule has 1 aliphatic rings.